The molecule has 1 aliphatic heterocycles. The van der Waals surface area contributed by atoms with E-state index in [1.165, 1.54) is 19.4 Å². The first-order valence-electron chi connectivity index (χ1n) is 4.87. The third-order valence-electron chi connectivity index (χ3n) is 3.38. The monoisotopic (exact) mass is 155 g/mol. The van der Waals surface area contributed by atoms with Gasteiger partial charge in [-0.3, -0.25) is 0 Å². The van der Waals surface area contributed by atoms with Gasteiger partial charge in [0.2, 0.25) is 0 Å². The molecule has 66 valence electrons. The predicted molar refractivity (Wildman–Crippen MR) is 49.7 cm³/mol. The molecule has 11 heavy (non-hydrogen) atoms. The third-order valence-corrected chi connectivity index (χ3v) is 3.38. The van der Waals surface area contributed by atoms with Crippen molar-refractivity contribution in [3.8, 4) is 0 Å². The minimum Gasteiger partial charge on any atom is -0.303 e. The van der Waals surface area contributed by atoms with Crippen LogP contribution in [0.3, 0.4) is 0 Å². The van der Waals surface area contributed by atoms with E-state index < -0.39 is 0 Å². The molecule has 1 heterocycles. The van der Waals surface area contributed by atoms with Crippen LogP contribution in [-0.4, -0.2) is 24.5 Å². The fraction of sp³-hybridized carbons (Fsp3) is 1.00. The Balaban J connectivity index is 2.45. The first-order valence-corrected chi connectivity index (χ1v) is 4.87. The maximum absolute atomic E-state index is 2.49. The molecule has 0 spiro atoms. The number of hydrogen-bond donors (Lipinski definition) is 0. The van der Waals surface area contributed by atoms with Crippen molar-refractivity contribution in [2.45, 2.75) is 39.7 Å². The molecule has 1 heteroatoms. The minimum absolute atomic E-state index is 0.798. The molecule has 3 atom stereocenters. The largest absolute Gasteiger partial charge is 0.303 e. The van der Waals surface area contributed by atoms with Gasteiger partial charge in [-0.15, -0.1) is 0 Å². The summed E-state index contributed by atoms with van der Waals surface area (Å²) in [5.74, 6) is 1.86. The molecular weight excluding hydrogens is 134 g/mol. The maximum atomic E-state index is 2.49. The summed E-state index contributed by atoms with van der Waals surface area (Å²) in [7, 11) is 2.25. The molecule has 1 rings (SSSR count). The zero-order chi connectivity index (χ0) is 8.43. The van der Waals surface area contributed by atoms with E-state index in [0.29, 0.717) is 0 Å². The number of nitrogens with zero attached hydrogens (tertiary/aromatic N) is 1. The molecule has 1 aliphatic rings. The summed E-state index contributed by atoms with van der Waals surface area (Å²) in [6.45, 7) is 8.35. The first-order chi connectivity index (χ1) is 5.16. The number of rotatable bonds is 2. The topological polar surface area (TPSA) is 3.24 Å². The third kappa shape index (κ3) is 1.76. The van der Waals surface area contributed by atoms with Crippen molar-refractivity contribution in [3.63, 3.8) is 0 Å². The van der Waals surface area contributed by atoms with Gasteiger partial charge in [0.15, 0.2) is 0 Å². The van der Waals surface area contributed by atoms with Crippen LogP contribution in [0.25, 0.3) is 0 Å². The average molecular weight is 155 g/mol. The summed E-state index contributed by atoms with van der Waals surface area (Å²) in [5.41, 5.74) is 0. The molecule has 0 radical (unpaired) electrons. The van der Waals surface area contributed by atoms with Crippen molar-refractivity contribution in [2.75, 3.05) is 13.6 Å². The highest BCUT2D eigenvalue weighted by Crippen LogP contribution is 2.30. The van der Waals surface area contributed by atoms with Crippen LogP contribution in [0, 0.1) is 11.8 Å². The number of likely N-dealkylation sites (tertiary alicyclic amines) is 1. The molecule has 0 aromatic rings. The second-order valence-corrected chi connectivity index (χ2v) is 4.09. The van der Waals surface area contributed by atoms with Gasteiger partial charge in [0, 0.05) is 12.6 Å². The molecular formula is C10H21N. The lowest BCUT2D eigenvalue weighted by atomic mass is 9.90. The summed E-state index contributed by atoms with van der Waals surface area (Å²) in [6.07, 6.45) is 2.76. The van der Waals surface area contributed by atoms with Gasteiger partial charge in [-0.05, 0) is 32.2 Å². The lowest BCUT2D eigenvalue weighted by Crippen LogP contribution is -2.24. The van der Waals surface area contributed by atoms with Crippen LogP contribution in [0.2, 0.25) is 0 Å². The Labute approximate surface area is 70.8 Å². The minimum atomic E-state index is 0.798. The van der Waals surface area contributed by atoms with Crippen LogP contribution < -0.4 is 0 Å². The Bertz CT molecular complexity index is 122. The summed E-state index contributed by atoms with van der Waals surface area (Å²) in [4.78, 5) is 2.49. The van der Waals surface area contributed by atoms with Crippen LogP contribution in [0.4, 0.5) is 0 Å². The van der Waals surface area contributed by atoms with Gasteiger partial charge in [0.25, 0.3) is 0 Å². The quantitative estimate of drug-likeness (QED) is 0.592. The van der Waals surface area contributed by atoms with E-state index in [2.05, 4.69) is 32.7 Å². The van der Waals surface area contributed by atoms with Crippen molar-refractivity contribution in [3.05, 3.63) is 0 Å². The molecule has 1 fully saturated rings. The van der Waals surface area contributed by atoms with Gasteiger partial charge in [-0.25, -0.2) is 0 Å². The highest BCUT2D eigenvalue weighted by Gasteiger charge is 2.32. The number of hydrogen-bond acceptors (Lipinski definition) is 1. The molecule has 0 aromatic heterocycles. The molecule has 3 unspecified atom stereocenters. The Hall–Kier alpha value is -0.0400. The Morgan fingerprint density at radius 1 is 1.36 bits per heavy atom. The fourth-order valence-corrected chi connectivity index (χ4v) is 2.22. The molecule has 0 bridgehead atoms. The molecule has 0 saturated carbocycles. The van der Waals surface area contributed by atoms with Crippen LogP contribution >= 0.6 is 0 Å². The van der Waals surface area contributed by atoms with E-state index in [0.717, 1.165) is 17.9 Å². The normalized spacial score (nSPS) is 39.8. The Morgan fingerprint density at radius 3 is 2.36 bits per heavy atom. The summed E-state index contributed by atoms with van der Waals surface area (Å²) in [5, 5.41) is 0. The van der Waals surface area contributed by atoms with Crippen molar-refractivity contribution in [1.29, 1.82) is 0 Å². The molecule has 1 saturated heterocycles. The van der Waals surface area contributed by atoms with E-state index in [-0.39, 0.29) is 0 Å². The highest BCUT2D eigenvalue weighted by atomic mass is 15.2. The standard InChI is InChI=1S/C10H21N/c1-5-6-10-7-11(4)9(3)8(10)2/h8-10H,5-7H2,1-4H3. The van der Waals surface area contributed by atoms with E-state index in [9.17, 15) is 0 Å². The fourth-order valence-electron chi connectivity index (χ4n) is 2.22. The lowest BCUT2D eigenvalue weighted by Gasteiger charge is -2.17. The van der Waals surface area contributed by atoms with Crippen LogP contribution in [-0.2, 0) is 0 Å². The van der Waals surface area contributed by atoms with Crippen molar-refractivity contribution in [1.82, 2.24) is 4.90 Å². The predicted octanol–water partition coefficient (Wildman–Crippen LogP) is 2.37. The SMILES string of the molecule is CCCC1CN(C)C(C)C1C. The van der Waals surface area contributed by atoms with Crippen molar-refractivity contribution < 1.29 is 0 Å². The first kappa shape index (κ1) is 9.05. The smallest absolute Gasteiger partial charge is 0.00927 e. The van der Waals surface area contributed by atoms with Gasteiger partial charge in [-0.1, -0.05) is 20.3 Å². The van der Waals surface area contributed by atoms with E-state index >= 15 is 0 Å². The zero-order valence-corrected chi connectivity index (χ0v) is 8.30. The second-order valence-electron chi connectivity index (χ2n) is 4.09. The Morgan fingerprint density at radius 2 is 2.00 bits per heavy atom. The molecule has 0 amide bonds. The second kappa shape index (κ2) is 3.57. The van der Waals surface area contributed by atoms with E-state index in [1.54, 1.807) is 0 Å². The lowest BCUT2D eigenvalue weighted by molar-refractivity contribution is 0.300. The van der Waals surface area contributed by atoms with Gasteiger partial charge >= 0.3 is 0 Å². The van der Waals surface area contributed by atoms with Gasteiger partial charge < -0.3 is 4.90 Å². The summed E-state index contributed by atoms with van der Waals surface area (Å²) in [6, 6.07) is 0.798. The van der Waals surface area contributed by atoms with Gasteiger partial charge in [0.05, 0.1) is 0 Å². The molecule has 0 N–H and O–H groups in total. The summed E-state index contributed by atoms with van der Waals surface area (Å²) >= 11 is 0. The summed E-state index contributed by atoms with van der Waals surface area (Å²) < 4.78 is 0. The van der Waals surface area contributed by atoms with Crippen LogP contribution in [0.15, 0.2) is 0 Å². The van der Waals surface area contributed by atoms with Crippen molar-refractivity contribution in [2.24, 2.45) is 11.8 Å². The molecule has 0 aliphatic carbocycles. The van der Waals surface area contributed by atoms with Crippen LogP contribution in [0.1, 0.15) is 33.6 Å². The van der Waals surface area contributed by atoms with Crippen molar-refractivity contribution >= 4 is 0 Å². The van der Waals surface area contributed by atoms with Gasteiger partial charge in [-0.2, -0.15) is 0 Å². The zero-order valence-electron chi connectivity index (χ0n) is 8.30. The Kier molecular flexibility index (Phi) is 2.94. The average Bonchev–Trinajstić information content (AvgIpc) is 2.19. The van der Waals surface area contributed by atoms with E-state index in [4.69, 9.17) is 0 Å². The highest BCUT2D eigenvalue weighted by molar-refractivity contribution is 4.85. The maximum Gasteiger partial charge on any atom is 0.00927 e. The van der Waals surface area contributed by atoms with Gasteiger partial charge in [0.1, 0.15) is 0 Å². The molecule has 0 aromatic carbocycles. The van der Waals surface area contributed by atoms with E-state index in [1.807, 2.05) is 0 Å². The molecule has 1 nitrogen and oxygen atoms in total. The van der Waals surface area contributed by atoms with Crippen LogP contribution in [0.5, 0.6) is 0 Å².